The molecule has 7 heteroatoms. The maximum atomic E-state index is 11.6. The van der Waals surface area contributed by atoms with Crippen LogP contribution in [0.15, 0.2) is 40.9 Å². The van der Waals surface area contributed by atoms with Crippen molar-refractivity contribution in [1.82, 2.24) is 4.90 Å². The quantitative estimate of drug-likeness (QED) is 0.179. The molecule has 0 unspecified atom stereocenters. The summed E-state index contributed by atoms with van der Waals surface area (Å²) < 4.78 is 0.877. The summed E-state index contributed by atoms with van der Waals surface area (Å²) in [5, 5.41) is 0. The van der Waals surface area contributed by atoms with E-state index >= 15 is 0 Å². The van der Waals surface area contributed by atoms with Crippen LogP contribution >= 0.6 is 15.9 Å². The Kier molecular flexibility index (Phi) is 15.0. The molecule has 0 aliphatic heterocycles. The highest BCUT2D eigenvalue weighted by Gasteiger charge is 2.49. The monoisotopic (exact) mass is 665 g/mol. The number of nitrogen functional groups attached to an aromatic ring is 2. The van der Waals surface area contributed by atoms with Crippen molar-refractivity contribution >= 4 is 46.9 Å². The zero-order valence-corrected chi connectivity index (χ0v) is 30.4. The second-order valence-electron chi connectivity index (χ2n) is 12.2. The molecular formula is C36H52BrN3O2Si. The molecule has 43 heavy (non-hydrogen) atoms. The van der Waals surface area contributed by atoms with Gasteiger partial charge in [0.2, 0.25) is 0 Å². The fraction of sp³-hybridized carbons (Fsp3) is 0.500. The number of terminal acetylenes is 1. The highest BCUT2D eigenvalue weighted by Crippen LogP contribution is 2.50. The van der Waals surface area contributed by atoms with E-state index < -0.39 is 8.07 Å². The topological polar surface area (TPSA) is 89.4 Å². The fourth-order valence-electron chi connectivity index (χ4n) is 4.53. The number of halogens is 1. The molecule has 0 saturated heterocycles. The van der Waals surface area contributed by atoms with Crippen LogP contribution in [0.3, 0.4) is 0 Å². The van der Waals surface area contributed by atoms with Gasteiger partial charge in [0.05, 0.1) is 10.8 Å². The summed E-state index contributed by atoms with van der Waals surface area (Å²) in [7, 11) is -1.10. The molecule has 0 heterocycles. The Hall–Kier alpha value is -2.84. The maximum absolute atomic E-state index is 11.6. The molecule has 234 valence electrons. The van der Waals surface area contributed by atoms with Gasteiger partial charge in [-0.15, -0.1) is 17.9 Å². The average Bonchev–Trinajstić information content (AvgIpc) is 3.88. The molecule has 0 aromatic heterocycles. The molecule has 0 atom stereocenters. The van der Waals surface area contributed by atoms with Gasteiger partial charge in [-0.2, -0.15) is 0 Å². The predicted octanol–water partition coefficient (Wildman–Crippen LogP) is 7.76. The smallest absolute Gasteiger partial charge is 0.140 e. The first-order valence-corrected chi connectivity index (χ1v) is 19.5. The Morgan fingerprint density at radius 3 is 1.53 bits per heavy atom. The van der Waals surface area contributed by atoms with Crippen LogP contribution in [0.1, 0.15) is 83.9 Å². The van der Waals surface area contributed by atoms with Crippen molar-refractivity contribution in [2.24, 2.45) is 0 Å². The van der Waals surface area contributed by atoms with Gasteiger partial charge in [0, 0.05) is 21.4 Å². The summed E-state index contributed by atoms with van der Waals surface area (Å²) in [6.07, 6.45) is 8.96. The lowest BCUT2D eigenvalue weighted by Crippen LogP contribution is -2.21. The molecule has 4 rings (SSSR count). The Labute approximate surface area is 270 Å². The van der Waals surface area contributed by atoms with Crippen LogP contribution in [-0.4, -0.2) is 44.2 Å². The molecule has 2 saturated carbocycles. The summed E-state index contributed by atoms with van der Waals surface area (Å²) in [6, 6.07) is 11.5. The first-order valence-electron chi connectivity index (χ1n) is 15.2. The van der Waals surface area contributed by atoms with E-state index in [4.69, 9.17) is 17.9 Å². The highest BCUT2D eigenvalue weighted by molar-refractivity contribution is 9.10. The molecule has 4 N–H and O–H groups in total. The fourth-order valence-corrected chi connectivity index (χ4v) is 4.91. The summed E-state index contributed by atoms with van der Waals surface area (Å²) in [5.41, 5.74) is 18.2. The SMILES string of the molecule is C#C[Si](C)(C)C.CC#Cc1cc(C2(C(C)=O)CC2)ccc1N.CC(=O)C1(c2ccc(N)c(Br)c2)CC1.CCN(CC)CC. The number of nitrogens with zero attached hydrogens (tertiary/aromatic N) is 1. The number of carbonyl (C=O) groups excluding carboxylic acids is 2. The van der Waals surface area contributed by atoms with Gasteiger partial charge in [0.25, 0.3) is 0 Å². The zero-order valence-electron chi connectivity index (χ0n) is 27.8. The van der Waals surface area contributed by atoms with Crippen molar-refractivity contribution in [3.63, 3.8) is 0 Å². The van der Waals surface area contributed by atoms with E-state index in [0.29, 0.717) is 11.4 Å². The van der Waals surface area contributed by atoms with Gasteiger partial charge in [0.1, 0.15) is 19.6 Å². The third-order valence-corrected chi connectivity index (χ3v) is 9.59. The Bertz CT molecular complexity index is 1340. The number of ketones is 2. The van der Waals surface area contributed by atoms with E-state index in [9.17, 15) is 9.59 Å². The minimum absolute atomic E-state index is 0.198. The number of hydrogen-bond donors (Lipinski definition) is 2. The van der Waals surface area contributed by atoms with E-state index in [1.165, 1.54) is 19.6 Å². The van der Waals surface area contributed by atoms with Gasteiger partial charge in [0.15, 0.2) is 0 Å². The zero-order chi connectivity index (χ0) is 33.0. The van der Waals surface area contributed by atoms with Gasteiger partial charge in [-0.25, -0.2) is 0 Å². The molecule has 2 aliphatic rings. The van der Waals surface area contributed by atoms with Crippen LogP contribution in [0, 0.1) is 23.8 Å². The summed E-state index contributed by atoms with van der Waals surface area (Å²) in [6.45, 7) is 21.7. The molecular weight excluding hydrogens is 614 g/mol. The molecule has 2 aromatic carbocycles. The number of hydrogen-bond acceptors (Lipinski definition) is 5. The Morgan fingerprint density at radius 1 is 0.860 bits per heavy atom. The summed E-state index contributed by atoms with van der Waals surface area (Å²) in [4.78, 5) is 25.5. The van der Waals surface area contributed by atoms with Gasteiger partial charge < -0.3 is 16.4 Å². The van der Waals surface area contributed by atoms with Crippen LogP contribution in [-0.2, 0) is 20.4 Å². The molecule has 2 aromatic rings. The van der Waals surface area contributed by atoms with Crippen molar-refractivity contribution in [3.05, 3.63) is 57.6 Å². The third kappa shape index (κ3) is 11.3. The Morgan fingerprint density at radius 2 is 1.26 bits per heavy atom. The first-order chi connectivity index (χ1) is 20.1. The average molecular weight is 667 g/mol. The normalized spacial score (nSPS) is 14.9. The van der Waals surface area contributed by atoms with Crippen LogP contribution in [0.4, 0.5) is 11.4 Å². The van der Waals surface area contributed by atoms with Crippen LogP contribution < -0.4 is 11.5 Å². The Balaban J connectivity index is 0.000000311. The van der Waals surface area contributed by atoms with E-state index in [1.807, 2.05) is 36.4 Å². The lowest BCUT2D eigenvalue weighted by Gasteiger charge is -2.13. The molecule has 0 bridgehead atoms. The molecule has 2 fully saturated rings. The second-order valence-corrected chi connectivity index (χ2v) is 17.8. The number of Topliss-reactive ketones (excluding diaryl/α,β-unsaturated/α-hetero) is 2. The number of nitrogens with two attached hydrogens (primary N) is 2. The van der Waals surface area contributed by atoms with E-state index in [2.05, 4.69) is 78.6 Å². The molecule has 0 radical (unpaired) electrons. The van der Waals surface area contributed by atoms with Gasteiger partial charge in [-0.3, -0.25) is 9.59 Å². The molecule has 0 spiro atoms. The first kappa shape index (κ1) is 38.2. The van der Waals surface area contributed by atoms with Crippen LogP contribution in [0.2, 0.25) is 19.6 Å². The van der Waals surface area contributed by atoms with E-state index in [-0.39, 0.29) is 22.4 Å². The lowest BCUT2D eigenvalue weighted by molar-refractivity contribution is -0.120. The minimum atomic E-state index is -1.10. The van der Waals surface area contributed by atoms with Crippen molar-refractivity contribution in [2.75, 3.05) is 31.1 Å². The van der Waals surface area contributed by atoms with Crippen LogP contribution in [0.25, 0.3) is 0 Å². The number of carbonyl (C=O) groups is 2. The van der Waals surface area contributed by atoms with Crippen molar-refractivity contribution in [1.29, 1.82) is 0 Å². The predicted molar refractivity (Wildman–Crippen MR) is 191 cm³/mol. The van der Waals surface area contributed by atoms with Gasteiger partial charge >= 0.3 is 0 Å². The standard InChI is InChI=1S/C14H15NO.C11H12BrNO.C6H15N.C5H10Si/c1-3-4-11-9-12(5-6-13(11)15)14(7-8-14)10(2)16;1-7(14)11(4-5-11)8-2-3-10(13)9(12)6-8;1-4-7(5-2)6-3;1-5-6(2,3)4/h5-6,9H,7-8,15H2,1-2H3;2-3,6H,4-5,13H2,1H3;4-6H2,1-3H3;1H,2-4H3. The molecule has 2 aliphatic carbocycles. The minimum Gasteiger partial charge on any atom is -0.398 e. The van der Waals surface area contributed by atoms with Crippen molar-refractivity contribution in [3.8, 4) is 23.8 Å². The number of benzene rings is 2. The molecule has 5 nitrogen and oxygen atoms in total. The van der Waals surface area contributed by atoms with Crippen molar-refractivity contribution in [2.45, 2.75) is 97.7 Å². The van der Waals surface area contributed by atoms with E-state index in [1.54, 1.807) is 20.8 Å². The highest BCUT2D eigenvalue weighted by atomic mass is 79.9. The summed E-state index contributed by atoms with van der Waals surface area (Å²) in [5.74, 6) is 6.31. The van der Waals surface area contributed by atoms with Gasteiger partial charge in [-0.1, -0.05) is 58.5 Å². The third-order valence-electron chi connectivity index (χ3n) is 8.04. The molecule has 0 amide bonds. The van der Waals surface area contributed by atoms with Crippen LogP contribution in [0.5, 0.6) is 0 Å². The largest absolute Gasteiger partial charge is 0.398 e. The summed E-state index contributed by atoms with van der Waals surface area (Å²) >= 11 is 3.38. The number of anilines is 2. The van der Waals surface area contributed by atoms with Gasteiger partial charge in [-0.05, 0) is 117 Å². The van der Waals surface area contributed by atoms with E-state index in [0.717, 1.165) is 46.8 Å². The van der Waals surface area contributed by atoms with Crippen molar-refractivity contribution < 1.29 is 9.59 Å². The maximum Gasteiger partial charge on any atom is 0.140 e. The second kappa shape index (κ2) is 16.9. The number of rotatable bonds is 7. The lowest BCUT2D eigenvalue weighted by atomic mass is 9.90.